The monoisotopic (exact) mass is 153 g/mol. The molecule has 0 aromatic rings. The van der Waals surface area contributed by atoms with E-state index in [2.05, 4.69) is 38.8 Å². The van der Waals surface area contributed by atoms with Gasteiger partial charge in [0.25, 0.3) is 0 Å². The van der Waals surface area contributed by atoms with Crippen LogP contribution in [0.3, 0.4) is 0 Å². The Labute approximate surface area is 70.2 Å². The van der Waals surface area contributed by atoms with Crippen LogP contribution in [0.5, 0.6) is 0 Å². The van der Waals surface area contributed by atoms with Gasteiger partial charge in [0.1, 0.15) is 0 Å². The summed E-state index contributed by atoms with van der Waals surface area (Å²) in [6, 6.07) is 0. The number of hydrogen-bond donors (Lipinski definition) is 0. The Kier molecular flexibility index (Phi) is 4.84. The summed E-state index contributed by atoms with van der Waals surface area (Å²) >= 11 is 0. The van der Waals surface area contributed by atoms with Crippen LogP contribution in [0, 0.1) is 5.92 Å². The molecule has 0 amide bonds. The van der Waals surface area contributed by atoms with E-state index in [1.807, 2.05) is 7.05 Å². The van der Waals surface area contributed by atoms with E-state index < -0.39 is 0 Å². The fourth-order valence-corrected chi connectivity index (χ4v) is 0.844. The standard InChI is InChI=1S/C10H19N/c1-6-9(4)7-10(11-5)8(2)3/h7-8H,6H2,1-5H3/b9-7-,11-10?. The lowest BCUT2D eigenvalue weighted by molar-refractivity contribution is 0.883. The smallest absolute Gasteiger partial charge is 0.0369 e. The molecule has 0 atom stereocenters. The van der Waals surface area contributed by atoms with Gasteiger partial charge in [0.05, 0.1) is 0 Å². The van der Waals surface area contributed by atoms with E-state index in [0.29, 0.717) is 5.92 Å². The minimum absolute atomic E-state index is 0.543. The van der Waals surface area contributed by atoms with Crippen molar-refractivity contribution in [2.24, 2.45) is 10.9 Å². The quantitative estimate of drug-likeness (QED) is 0.552. The average Bonchev–Trinajstić information content (AvgIpc) is 1.99. The van der Waals surface area contributed by atoms with Crippen molar-refractivity contribution in [2.45, 2.75) is 34.1 Å². The van der Waals surface area contributed by atoms with Gasteiger partial charge in [0.15, 0.2) is 0 Å². The van der Waals surface area contributed by atoms with Crippen molar-refractivity contribution in [1.82, 2.24) is 0 Å². The number of aliphatic imine (C=N–C) groups is 1. The maximum Gasteiger partial charge on any atom is 0.0369 e. The summed E-state index contributed by atoms with van der Waals surface area (Å²) in [4.78, 5) is 4.22. The van der Waals surface area contributed by atoms with Gasteiger partial charge in [0, 0.05) is 12.8 Å². The van der Waals surface area contributed by atoms with Crippen molar-refractivity contribution in [3.8, 4) is 0 Å². The van der Waals surface area contributed by atoms with E-state index in [1.165, 1.54) is 11.3 Å². The summed E-state index contributed by atoms with van der Waals surface area (Å²) in [6.07, 6.45) is 3.30. The van der Waals surface area contributed by atoms with Gasteiger partial charge in [-0.15, -0.1) is 0 Å². The molecule has 0 heterocycles. The summed E-state index contributed by atoms with van der Waals surface area (Å²) in [6.45, 7) is 8.65. The molecule has 64 valence electrons. The fraction of sp³-hybridized carbons (Fsp3) is 0.700. The third kappa shape index (κ3) is 3.97. The molecule has 0 saturated carbocycles. The van der Waals surface area contributed by atoms with Crippen molar-refractivity contribution in [3.63, 3.8) is 0 Å². The molecular formula is C10H19N. The molecule has 0 aliphatic heterocycles. The molecular weight excluding hydrogens is 134 g/mol. The van der Waals surface area contributed by atoms with Crippen LogP contribution in [0.15, 0.2) is 16.6 Å². The average molecular weight is 153 g/mol. The van der Waals surface area contributed by atoms with E-state index in [0.717, 1.165) is 6.42 Å². The Bertz CT molecular complexity index is 164. The summed E-state index contributed by atoms with van der Waals surface area (Å²) in [7, 11) is 1.86. The topological polar surface area (TPSA) is 12.4 Å². The van der Waals surface area contributed by atoms with Crippen LogP contribution in [0.2, 0.25) is 0 Å². The van der Waals surface area contributed by atoms with E-state index in [1.54, 1.807) is 0 Å². The zero-order valence-electron chi connectivity index (χ0n) is 8.31. The molecule has 0 bridgehead atoms. The van der Waals surface area contributed by atoms with Crippen molar-refractivity contribution in [2.75, 3.05) is 7.05 Å². The summed E-state index contributed by atoms with van der Waals surface area (Å²) < 4.78 is 0. The molecule has 0 N–H and O–H groups in total. The Morgan fingerprint density at radius 3 is 2.27 bits per heavy atom. The zero-order valence-corrected chi connectivity index (χ0v) is 8.31. The maximum absolute atomic E-state index is 4.22. The van der Waals surface area contributed by atoms with Gasteiger partial charge in [-0.05, 0) is 25.3 Å². The lowest BCUT2D eigenvalue weighted by Crippen LogP contribution is -2.04. The fourth-order valence-electron chi connectivity index (χ4n) is 0.844. The first-order chi connectivity index (χ1) is 5.11. The Hall–Kier alpha value is -0.590. The number of hydrogen-bond acceptors (Lipinski definition) is 1. The third-order valence-corrected chi connectivity index (χ3v) is 1.80. The highest BCUT2D eigenvalue weighted by molar-refractivity contribution is 5.96. The predicted octanol–water partition coefficient (Wildman–Crippen LogP) is 3.07. The molecule has 1 nitrogen and oxygen atoms in total. The normalized spacial score (nSPS) is 14.4. The molecule has 0 aromatic carbocycles. The van der Waals surface area contributed by atoms with Crippen LogP contribution in [-0.2, 0) is 0 Å². The molecule has 0 aliphatic rings. The van der Waals surface area contributed by atoms with Gasteiger partial charge in [-0.2, -0.15) is 0 Å². The van der Waals surface area contributed by atoms with E-state index >= 15 is 0 Å². The van der Waals surface area contributed by atoms with Gasteiger partial charge < -0.3 is 0 Å². The third-order valence-electron chi connectivity index (χ3n) is 1.80. The molecule has 11 heavy (non-hydrogen) atoms. The molecule has 0 rings (SSSR count). The van der Waals surface area contributed by atoms with Crippen LogP contribution >= 0.6 is 0 Å². The highest BCUT2D eigenvalue weighted by atomic mass is 14.7. The lowest BCUT2D eigenvalue weighted by atomic mass is 10.0. The minimum atomic E-state index is 0.543. The first-order valence-electron chi connectivity index (χ1n) is 4.25. The Morgan fingerprint density at radius 2 is 2.00 bits per heavy atom. The van der Waals surface area contributed by atoms with Crippen LogP contribution in [-0.4, -0.2) is 12.8 Å². The molecule has 0 fully saturated rings. The maximum atomic E-state index is 4.22. The first kappa shape index (κ1) is 10.4. The second-order valence-corrected chi connectivity index (χ2v) is 3.15. The van der Waals surface area contributed by atoms with Crippen molar-refractivity contribution in [3.05, 3.63) is 11.6 Å². The van der Waals surface area contributed by atoms with E-state index in [9.17, 15) is 0 Å². The predicted molar refractivity (Wildman–Crippen MR) is 52.2 cm³/mol. The molecule has 0 spiro atoms. The number of rotatable bonds is 3. The van der Waals surface area contributed by atoms with E-state index in [-0.39, 0.29) is 0 Å². The minimum Gasteiger partial charge on any atom is -0.293 e. The molecule has 0 radical (unpaired) electrons. The van der Waals surface area contributed by atoms with Crippen LogP contribution in [0.4, 0.5) is 0 Å². The second kappa shape index (κ2) is 5.11. The van der Waals surface area contributed by atoms with Crippen molar-refractivity contribution < 1.29 is 0 Å². The van der Waals surface area contributed by atoms with Gasteiger partial charge in [-0.25, -0.2) is 0 Å². The number of allylic oxidation sites excluding steroid dienone is 2. The van der Waals surface area contributed by atoms with Gasteiger partial charge in [-0.1, -0.05) is 26.3 Å². The molecule has 0 aliphatic carbocycles. The molecule has 0 aromatic heterocycles. The highest BCUT2D eigenvalue weighted by Gasteiger charge is 1.99. The SMILES string of the molecule is CC/C(C)=C\C(=NC)C(C)C. The van der Waals surface area contributed by atoms with E-state index in [4.69, 9.17) is 0 Å². The number of nitrogens with zero attached hydrogens (tertiary/aromatic N) is 1. The Balaban J connectivity index is 4.32. The zero-order chi connectivity index (χ0) is 8.85. The summed E-state index contributed by atoms with van der Waals surface area (Å²) in [5.41, 5.74) is 2.60. The van der Waals surface area contributed by atoms with Gasteiger partial charge in [0.2, 0.25) is 0 Å². The Morgan fingerprint density at radius 1 is 1.45 bits per heavy atom. The first-order valence-corrected chi connectivity index (χ1v) is 4.25. The summed E-state index contributed by atoms with van der Waals surface area (Å²) in [5.74, 6) is 0.543. The molecule has 0 unspecified atom stereocenters. The largest absolute Gasteiger partial charge is 0.293 e. The van der Waals surface area contributed by atoms with Crippen LogP contribution in [0.25, 0.3) is 0 Å². The van der Waals surface area contributed by atoms with Crippen LogP contribution < -0.4 is 0 Å². The molecule has 1 heteroatoms. The van der Waals surface area contributed by atoms with Gasteiger partial charge >= 0.3 is 0 Å². The van der Waals surface area contributed by atoms with Gasteiger partial charge in [-0.3, -0.25) is 4.99 Å². The highest BCUT2D eigenvalue weighted by Crippen LogP contribution is 2.04. The lowest BCUT2D eigenvalue weighted by Gasteiger charge is -2.04. The summed E-state index contributed by atoms with van der Waals surface area (Å²) in [5, 5.41) is 0. The van der Waals surface area contributed by atoms with Crippen molar-refractivity contribution in [1.29, 1.82) is 0 Å². The second-order valence-electron chi connectivity index (χ2n) is 3.15. The van der Waals surface area contributed by atoms with Crippen LogP contribution in [0.1, 0.15) is 34.1 Å². The molecule has 0 saturated heterocycles. The van der Waals surface area contributed by atoms with Crippen molar-refractivity contribution >= 4 is 5.71 Å².